The van der Waals surface area contributed by atoms with Gasteiger partial charge in [0.1, 0.15) is 6.33 Å². The number of fused-ring (bicyclic) bond motifs is 1. The van der Waals surface area contributed by atoms with Crippen LogP contribution in [0, 0.1) is 0 Å². The summed E-state index contributed by atoms with van der Waals surface area (Å²) in [5.41, 5.74) is 2.30. The molecule has 0 saturated carbocycles. The second-order valence-corrected chi connectivity index (χ2v) is 3.58. The average molecular weight is 186 g/mol. The van der Waals surface area contributed by atoms with Crippen molar-refractivity contribution >= 4 is 10.9 Å². The molecule has 1 aromatic heterocycles. The highest BCUT2D eigenvalue weighted by Crippen LogP contribution is 2.18. The molecule has 3 nitrogen and oxygen atoms in total. The van der Waals surface area contributed by atoms with Gasteiger partial charge in [-0.3, -0.25) is 0 Å². The van der Waals surface area contributed by atoms with E-state index in [9.17, 15) is 0 Å². The molecule has 1 unspecified atom stereocenters. The highest BCUT2D eigenvalue weighted by atomic mass is 16.6. The SMILES string of the molecule is c1ncc2ccc(CC3CO3)cc2n1. The molecule has 1 aliphatic heterocycles. The van der Waals surface area contributed by atoms with Crippen LogP contribution < -0.4 is 0 Å². The van der Waals surface area contributed by atoms with Crippen LogP contribution in [0.1, 0.15) is 5.56 Å². The van der Waals surface area contributed by atoms with Gasteiger partial charge in [0.25, 0.3) is 0 Å². The van der Waals surface area contributed by atoms with Gasteiger partial charge in [-0.1, -0.05) is 12.1 Å². The fourth-order valence-corrected chi connectivity index (χ4v) is 1.60. The van der Waals surface area contributed by atoms with Gasteiger partial charge in [-0.2, -0.15) is 0 Å². The van der Waals surface area contributed by atoms with Crippen molar-refractivity contribution in [2.24, 2.45) is 0 Å². The maximum atomic E-state index is 5.19. The molecule has 1 fully saturated rings. The van der Waals surface area contributed by atoms with E-state index < -0.39 is 0 Å². The Morgan fingerprint density at radius 1 is 1.43 bits per heavy atom. The number of benzene rings is 1. The van der Waals surface area contributed by atoms with Gasteiger partial charge in [-0.05, 0) is 11.6 Å². The highest BCUT2D eigenvalue weighted by Gasteiger charge is 2.22. The first-order valence-electron chi connectivity index (χ1n) is 4.72. The molecule has 2 aromatic rings. The molecule has 2 heterocycles. The first-order valence-corrected chi connectivity index (χ1v) is 4.72. The van der Waals surface area contributed by atoms with Gasteiger partial charge in [-0.25, -0.2) is 9.97 Å². The minimum atomic E-state index is 0.439. The predicted octanol–water partition coefficient (Wildman–Crippen LogP) is 1.57. The van der Waals surface area contributed by atoms with Crippen LogP contribution in [0.5, 0.6) is 0 Å². The Morgan fingerprint density at radius 3 is 3.21 bits per heavy atom. The van der Waals surface area contributed by atoms with Crippen molar-refractivity contribution in [1.82, 2.24) is 9.97 Å². The second kappa shape index (κ2) is 3.03. The fourth-order valence-electron chi connectivity index (χ4n) is 1.60. The average Bonchev–Trinajstić information content (AvgIpc) is 3.02. The van der Waals surface area contributed by atoms with Crippen molar-refractivity contribution in [2.45, 2.75) is 12.5 Å². The summed E-state index contributed by atoms with van der Waals surface area (Å²) < 4.78 is 5.19. The number of ether oxygens (including phenoxy) is 1. The fraction of sp³-hybridized carbons (Fsp3) is 0.273. The lowest BCUT2D eigenvalue weighted by atomic mass is 10.1. The Kier molecular flexibility index (Phi) is 1.70. The van der Waals surface area contributed by atoms with Gasteiger partial charge in [-0.15, -0.1) is 0 Å². The van der Waals surface area contributed by atoms with Crippen LogP contribution >= 0.6 is 0 Å². The van der Waals surface area contributed by atoms with E-state index in [1.807, 2.05) is 6.20 Å². The van der Waals surface area contributed by atoms with Crippen LogP contribution in [0.3, 0.4) is 0 Å². The topological polar surface area (TPSA) is 38.3 Å². The number of hydrogen-bond acceptors (Lipinski definition) is 3. The monoisotopic (exact) mass is 186 g/mol. The quantitative estimate of drug-likeness (QED) is 0.668. The molecule has 3 heteroatoms. The molecule has 0 spiro atoms. The summed E-state index contributed by atoms with van der Waals surface area (Å²) in [6.45, 7) is 0.905. The van der Waals surface area contributed by atoms with Crippen LogP contribution in [-0.2, 0) is 11.2 Å². The third kappa shape index (κ3) is 1.46. The molecular formula is C11H10N2O. The molecular weight excluding hydrogens is 176 g/mol. The van der Waals surface area contributed by atoms with E-state index in [0.29, 0.717) is 6.10 Å². The Morgan fingerprint density at radius 2 is 2.36 bits per heavy atom. The molecule has 1 saturated heterocycles. The lowest BCUT2D eigenvalue weighted by Crippen LogP contribution is -1.93. The van der Waals surface area contributed by atoms with Gasteiger partial charge < -0.3 is 4.74 Å². The maximum Gasteiger partial charge on any atom is 0.116 e. The van der Waals surface area contributed by atoms with Crippen LogP contribution in [0.15, 0.2) is 30.7 Å². The van der Waals surface area contributed by atoms with Crippen molar-refractivity contribution in [3.05, 3.63) is 36.3 Å². The van der Waals surface area contributed by atoms with E-state index in [4.69, 9.17) is 4.74 Å². The molecule has 0 bridgehead atoms. The van der Waals surface area contributed by atoms with E-state index in [2.05, 4.69) is 28.2 Å². The summed E-state index contributed by atoms with van der Waals surface area (Å²) in [4.78, 5) is 8.20. The van der Waals surface area contributed by atoms with Gasteiger partial charge in [0.2, 0.25) is 0 Å². The largest absolute Gasteiger partial charge is 0.373 e. The smallest absolute Gasteiger partial charge is 0.116 e. The molecule has 3 rings (SSSR count). The van der Waals surface area contributed by atoms with Crippen molar-refractivity contribution in [3.63, 3.8) is 0 Å². The van der Waals surface area contributed by atoms with E-state index in [1.54, 1.807) is 6.33 Å². The summed E-state index contributed by atoms with van der Waals surface area (Å²) in [7, 11) is 0. The minimum Gasteiger partial charge on any atom is -0.373 e. The molecule has 1 atom stereocenters. The third-order valence-corrected chi connectivity index (χ3v) is 2.44. The van der Waals surface area contributed by atoms with Crippen LogP contribution in [0.2, 0.25) is 0 Å². The Bertz CT molecular complexity index is 466. The zero-order valence-electron chi connectivity index (χ0n) is 7.68. The number of aromatic nitrogens is 2. The first-order chi connectivity index (χ1) is 6.92. The number of nitrogens with zero attached hydrogens (tertiary/aromatic N) is 2. The van der Waals surface area contributed by atoms with Crippen molar-refractivity contribution < 1.29 is 4.74 Å². The molecule has 14 heavy (non-hydrogen) atoms. The van der Waals surface area contributed by atoms with Crippen molar-refractivity contribution in [2.75, 3.05) is 6.61 Å². The summed E-state index contributed by atoms with van der Waals surface area (Å²) >= 11 is 0. The lowest BCUT2D eigenvalue weighted by Gasteiger charge is -1.99. The van der Waals surface area contributed by atoms with Crippen LogP contribution in [0.4, 0.5) is 0 Å². The Balaban J connectivity index is 2.01. The standard InChI is InChI=1S/C11H10N2O/c1-2-9-5-12-7-13-11(9)4-8(1)3-10-6-14-10/h1-2,4-5,7,10H,3,6H2. The zero-order chi connectivity index (χ0) is 9.38. The van der Waals surface area contributed by atoms with Gasteiger partial charge in [0.05, 0.1) is 18.2 Å². The van der Waals surface area contributed by atoms with Crippen LogP contribution in [0.25, 0.3) is 10.9 Å². The molecule has 0 aliphatic carbocycles. The summed E-state index contributed by atoms with van der Waals surface area (Å²) in [6, 6.07) is 6.29. The molecule has 1 aromatic carbocycles. The van der Waals surface area contributed by atoms with E-state index in [1.165, 1.54) is 5.56 Å². The van der Waals surface area contributed by atoms with E-state index in [0.717, 1.165) is 23.9 Å². The lowest BCUT2D eigenvalue weighted by molar-refractivity contribution is 0.407. The van der Waals surface area contributed by atoms with E-state index in [-0.39, 0.29) is 0 Å². The molecule has 1 aliphatic rings. The molecule has 0 radical (unpaired) electrons. The highest BCUT2D eigenvalue weighted by molar-refractivity contribution is 5.77. The summed E-state index contributed by atoms with van der Waals surface area (Å²) in [5.74, 6) is 0. The first kappa shape index (κ1) is 7.88. The second-order valence-electron chi connectivity index (χ2n) is 3.58. The predicted molar refractivity (Wildman–Crippen MR) is 53.0 cm³/mol. The zero-order valence-corrected chi connectivity index (χ0v) is 7.68. The number of epoxide rings is 1. The van der Waals surface area contributed by atoms with E-state index >= 15 is 0 Å². The third-order valence-electron chi connectivity index (χ3n) is 2.44. The Hall–Kier alpha value is -1.48. The molecule has 0 N–H and O–H groups in total. The minimum absolute atomic E-state index is 0.439. The normalized spacial score (nSPS) is 19.9. The molecule has 70 valence electrons. The number of rotatable bonds is 2. The van der Waals surface area contributed by atoms with Gasteiger partial charge in [0, 0.05) is 18.0 Å². The summed E-state index contributed by atoms with van der Waals surface area (Å²) in [5, 5.41) is 1.09. The maximum absolute atomic E-state index is 5.19. The Labute approximate surface area is 81.8 Å². The van der Waals surface area contributed by atoms with Crippen molar-refractivity contribution in [1.29, 1.82) is 0 Å². The number of hydrogen-bond donors (Lipinski definition) is 0. The van der Waals surface area contributed by atoms with Crippen LogP contribution in [-0.4, -0.2) is 22.7 Å². The van der Waals surface area contributed by atoms with Gasteiger partial charge in [0.15, 0.2) is 0 Å². The van der Waals surface area contributed by atoms with Gasteiger partial charge >= 0.3 is 0 Å². The summed E-state index contributed by atoms with van der Waals surface area (Å²) in [6.07, 6.45) is 4.86. The molecule has 0 amide bonds. The van der Waals surface area contributed by atoms with Crippen molar-refractivity contribution in [3.8, 4) is 0 Å².